The van der Waals surface area contributed by atoms with Crippen LogP contribution in [0.5, 0.6) is 0 Å². The van der Waals surface area contributed by atoms with Crippen LogP contribution in [0, 0.1) is 17.8 Å². The Morgan fingerprint density at radius 1 is 0.947 bits per heavy atom. The zero-order chi connectivity index (χ0) is 13.2. The average molecular weight is 264 g/mol. The molecule has 0 radical (unpaired) electrons. The minimum absolute atomic E-state index is 0.834. The average Bonchev–Trinajstić information content (AvgIpc) is 2.92. The molecule has 2 heteroatoms. The van der Waals surface area contributed by atoms with Crippen LogP contribution in [0.2, 0.25) is 0 Å². The Morgan fingerprint density at radius 2 is 1.74 bits per heavy atom. The first-order valence-electron chi connectivity index (χ1n) is 8.70. The number of hydrogen-bond donors (Lipinski definition) is 1. The molecule has 0 aromatic rings. The van der Waals surface area contributed by atoms with E-state index in [0.29, 0.717) is 0 Å². The molecule has 1 aliphatic carbocycles. The molecule has 0 spiro atoms. The molecular formula is C17H32N2. The zero-order valence-electron chi connectivity index (χ0n) is 12.9. The van der Waals surface area contributed by atoms with Crippen LogP contribution in [0.15, 0.2) is 0 Å². The Balaban J connectivity index is 1.57. The van der Waals surface area contributed by atoms with Crippen LogP contribution in [0.4, 0.5) is 0 Å². The Bertz CT molecular complexity index is 275. The van der Waals surface area contributed by atoms with Crippen molar-refractivity contribution >= 4 is 0 Å². The first-order chi connectivity index (χ1) is 9.22. The SMILES string of the molecule is CC1CC(C)CC(N2CCCC(C3CCCN3)C2)C1. The monoisotopic (exact) mass is 264 g/mol. The third kappa shape index (κ3) is 3.33. The van der Waals surface area contributed by atoms with E-state index in [2.05, 4.69) is 24.1 Å². The highest BCUT2D eigenvalue weighted by molar-refractivity contribution is 4.90. The molecule has 2 nitrogen and oxygen atoms in total. The fourth-order valence-electron chi connectivity index (χ4n) is 5.02. The molecule has 1 saturated carbocycles. The van der Waals surface area contributed by atoms with Gasteiger partial charge in [0.1, 0.15) is 0 Å². The van der Waals surface area contributed by atoms with Crippen molar-refractivity contribution in [2.45, 2.75) is 70.9 Å². The molecule has 0 aromatic heterocycles. The highest BCUT2D eigenvalue weighted by Gasteiger charge is 2.34. The number of nitrogens with zero attached hydrogens (tertiary/aromatic N) is 1. The van der Waals surface area contributed by atoms with Gasteiger partial charge in [-0.15, -0.1) is 0 Å². The number of nitrogens with one attached hydrogen (secondary N) is 1. The molecule has 2 aliphatic heterocycles. The number of rotatable bonds is 2. The molecule has 3 aliphatic rings. The number of hydrogen-bond acceptors (Lipinski definition) is 2. The molecule has 2 heterocycles. The van der Waals surface area contributed by atoms with Crippen LogP contribution < -0.4 is 5.32 Å². The largest absolute Gasteiger partial charge is 0.314 e. The normalized spacial score (nSPS) is 45.5. The van der Waals surface area contributed by atoms with Gasteiger partial charge in [-0.3, -0.25) is 0 Å². The third-order valence-corrected chi connectivity index (χ3v) is 5.83. The predicted molar refractivity (Wildman–Crippen MR) is 81.3 cm³/mol. The number of likely N-dealkylation sites (tertiary alicyclic amines) is 1. The maximum absolute atomic E-state index is 3.74. The van der Waals surface area contributed by atoms with Crippen molar-refractivity contribution in [2.75, 3.05) is 19.6 Å². The van der Waals surface area contributed by atoms with Crippen molar-refractivity contribution in [3.8, 4) is 0 Å². The Morgan fingerprint density at radius 3 is 2.42 bits per heavy atom. The summed E-state index contributed by atoms with van der Waals surface area (Å²) in [5.74, 6) is 2.82. The van der Waals surface area contributed by atoms with Crippen molar-refractivity contribution in [1.82, 2.24) is 10.2 Å². The van der Waals surface area contributed by atoms with Crippen LogP contribution in [0.1, 0.15) is 58.8 Å². The summed E-state index contributed by atoms with van der Waals surface area (Å²) in [6.45, 7) is 8.93. The second-order valence-corrected chi connectivity index (χ2v) is 7.67. The maximum Gasteiger partial charge on any atom is 0.0108 e. The molecule has 0 bridgehead atoms. The second-order valence-electron chi connectivity index (χ2n) is 7.67. The lowest BCUT2D eigenvalue weighted by Gasteiger charge is -2.44. The minimum Gasteiger partial charge on any atom is -0.314 e. The van der Waals surface area contributed by atoms with Gasteiger partial charge in [0.15, 0.2) is 0 Å². The Hall–Kier alpha value is -0.0800. The van der Waals surface area contributed by atoms with Crippen molar-refractivity contribution in [3.05, 3.63) is 0 Å². The van der Waals surface area contributed by atoms with Gasteiger partial charge in [0.2, 0.25) is 0 Å². The lowest BCUT2D eigenvalue weighted by Crippen LogP contribution is -2.49. The van der Waals surface area contributed by atoms with Crippen molar-refractivity contribution < 1.29 is 0 Å². The first kappa shape index (κ1) is 13.9. The van der Waals surface area contributed by atoms with Gasteiger partial charge in [-0.25, -0.2) is 0 Å². The van der Waals surface area contributed by atoms with Crippen molar-refractivity contribution in [3.63, 3.8) is 0 Å². The van der Waals surface area contributed by atoms with E-state index >= 15 is 0 Å². The van der Waals surface area contributed by atoms with Gasteiger partial charge in [-0.05, 0) is 75.8 Å². The lowest BCUT2D eigenvalue weighted by molar-refractivity contribution is 0.0605. The van der Waals surface area contributed by atoms with E-state index in [-0.39, 0.29) is 0 Å². The fourth-order valence-corrected chi connectivity index (χ4v) is 5.02. The minimum atomic E-state index is 0.834. The molecular weight excluding hydrogens is 232 g/mol. The molecule has 3 rings (SSSR count). The smallest absolute Gasteiger partial charge is 0.0108 e. The van der Waals surface area contributed by atoms with Crippen LogP contribution in [0.3, 0.4) is 0 Å². The van der Waals surface area contributed by atoms with E-state index in [1.165, 1.54) is 64.6 Å². The van der Waals surface area contributed by atoms with E-state index in [0.717, 1.165) is 29.8 Å². The van der Waals surface area contributed by atoms with Crippen LogP contribution in [0.25, 0.3) is 0 Å². The van der Waals surface area contributed by atoms with Crippen LogP contribution >= 0.6 is 0 Å². The quantitative estimate of drug-likeness (QED) is 0.823. The lowest BCUT2D eigenvalue weighted by atomic mass is 9.78. The van der Waals surface area contributed by atoms with Gasteiger partial charge in [-0.1, -0.05) is 13.8 Å². The summed E-state index contributed by atoms with van der Waals surface area (Å²) in [4.78, 5) is 2.86. The summed E-state index contributed by atoms with van der Waals surface area (Å²) >= 11 is 0. The van der Waals surface area contributed by atoms with E-state index in [1.54, 1.807) is 0 Å². The van der Waals surface area contributed by atoms with E-state index in [9.17, 15) is 0 Å². The Labute approximate surface area is 119 Å². The summed E-state index contributed by atoms with van der Waals surface area (Å²) in [5.41, 5.74) is 0. The van der Waals surface area contributed by atoms with Gasteiger partial charge >= 0.3 is 0 Å². The molecule has 2 saturated heterocycles. The molecule has 110 valence electrons. The maximum atomic E-state index is 3.74. The highest BCUT2D eigenvalue weighted by atomic mass is 15.2. The Kier molecular flexibility index (Phi) is 4.48. The molecule has 0 amide bonds. The second kappa shape index (κ2) is 6.13. The fraction of sp³-hybridized carbons (Fsp3) is 1.00. The van der Waals surface area contributed by atoms with E-state index in [1.807, 2.05) is 0 Å². The highest BCUT2D eigenvalue weighted by Crippen LogP contribution is 2.34. The van der Waals surface area contributed by atoms with Gasteiger partial charge in [0.25, 0.3) is 0 Å². The van der Waals surface area contributed by atoms with Crippen molar-refractivity contribution in [2.24, 2.45) is 17.8 Å². The summed E-state index contributed by atoms with van der Waals surface area (Å²) in [5, 5.41) is 3.74. The molecule has 1 N–H and O–H groups in total. The first-order valence-corrected chi connectivity index (χ1v) is 8.70. The van der Waals surface area contributed by atoms with Gasteiger partial charge in [0, 0.05) is 18.6 Å². The van der Waals surface area contributed by atoms with Crippen LogP contribution in [-0.4, -0.2) is 36.6 Å². The summed E-state index contributed by atoms with van der Waals surface area (Å²) in [7, 11) is 0. The van der Waals surface area contributed by atoms with E-state index < -0.39 is 0 Å². The van der Waals surface area contributed by atoms with Crippen molar-refractivity contribution in [1.29, 1.82) is 0 Å². The summed E-state index contributed by atoms with van der Waals surface area (Å²) < 4.78 is 0. The third-order valence-electron chi connectivity index (χ3n) is 5.83. The predicted octanol–water partition coefficient (Wildman–Crippen LogP) is 3.28. The summed E-state index contributed by atoms with van der Waals surface area (Å²) in [6, 6.07) is 1.73. The van der Waals surface area contributed by atoms with Gasteiger partial charge in [0.05, 0.1) is 0 Å². The molecule has 19 heavy (non-hydrogen) atoms. The molecule has 4 atom stereocenters. The topological polar surface area (TPSA) is 15.3 Å². The van der Waals surface area contributed by atoms with E-state index in [4.69, 9.17) is 0 Å². The van der Waals surface area contributed by atoms with Gasteiger partial charge < -0.3 is 10.2 Å². The summed E-state index contributed by atoms with van der Waals surface area (Å²) in [6.07, 6.45) is 10.1. The molecule has 4 unspecified atom stereocenters. The zero-order valence-corrected chi connectivity index (χ0v) is 12.9. The molecule has 3 fully saturated rings. The standard InChI is InChI=1S/C17H32N2/c1-13-9-14(2)11-16(10-13)19-8-4-5-15(12-19)17-6-3-7-18-17/h13-18H,3-12H2,1-2H3. The van der Waals surface area contributed by atoms with Crippen LogP contribution in [-0.2, 0) is 0 Å². The number of piperidine rings is 1. The van der Waals surface area contributed by atoms with Gasteiger partial charge in [-0.2, -0.15) is 0 Å². The molecule has 0 aromatic carbocycles.